The monoisotopic (exact) mass is 329 g/mol. The highest BCUT2D eigenvalue weighted by molar-refractivity contribution is 7.19. The highest BCUT2D eigenvalue weighted by Gasteiger charge is 2.30. The first kappa shape index (κ1) is 14.3. The molecule has 3 aromatic heterocycles. The predicted molar refractivity (Wildman–Crippen MR) is 82.8 cm³/mol. The lowest BCUT2D eigenvalue weighted by molar-refractivity contribution is -0.297. The van der Waals surface area contributed by atoms with Crippen molar-refractivity contribution in [3.63, 3.8) is 0 Å². The van der Waals surface area contributed by atoms with Crippen molar-refractivity contribution in [1.82, 2.24) is 19.6 Å². The molecule has 3 aromatic rings. The third-order valence-corrected chi connectivity index (χ3v) is 4.91. The molecular formula is C15H13N4O3S-. The SMILES string of the molecule is CC1(C)Cc2c(sc3ncn4nc(/C=C\C(=O)[O-])nc4c23)CO1. The molecule has 0 aliphatic carbocycles. The van der Waals surface area contributed by atoms with Gasteiger partial charge in [0.2, 0.25) is 0 Å². The molecule has 7 nitrogen and oxygen atoms in total. The summed E-state index contributed by atoms with van der Waals surface area (Å²) in [6.45, 7) is 4.69. The molecule has 0 unspecified atom stereocenters. The molecule has 0 radical (unpaired) electrons. The van der Waals surface area contributed by atoms with E-state index >= 15 is 0 Å². The second-order valence-electron chi connectivity index (χ2n) is 6.04. The first-order valence-electron chi connectivity index (χ1n) is 7.12. The van der Waals surface area contributed by atoms with E-state index in [1.54, 1.807) is 22.2 Å². The van der Waals surface area contributed by atoms with Crippen molar-refractivity contribution in [2.75, 3.05) is 0 Å². The van der Waals surface area contributed by atoms with Crippen molar-refractivity contribution in [2.24, 2.45) is 0 Å². The molecule has 118 valence electrons. The van der Waals surface area contributed by atoms with Crippen LogP contribution in [0.3, 0.4) is 0 Å². The molecule has 0 aromatic carbocycles. The number of aliphatic carboxylic acids is 1. The Balaban J connectivity index is 1.94. The Morgan fingerprint density at radius 1 is 1.52 bits per heavy atom. The number of aromatic nitrogens is 4. The standard InChI is InChI=1S/C15H14N4O3S/c1-15(2)5-8-9(6-22-15)23-14-12(8)13-17-10(3-4-11(20)21)18-19(13)7-16-14/h3-4,7H,5-6H2,1-2H3,(H,20,21)/p-1/b4-3-. The van der Waals surface area contributed by atoms with Gasteiger partial charge in [-0.2, -0.15) is 0 Å². The quantitative estimate of drug-likeness (QED) is 0.650. The van der Waals surface area contributed by atoms with Gasteiger partial charge in [0, 0.05) is 11.3 Å². The fraction of sp³-hybridized carbons (Fsp3) is 0.333. The zero-order chi connectivity index (χ0) is 16.2. The second kappa shape index (κ2) is 4.84. The van der Waals surface area contributed by atoms with Gasteiger partial charge in [0.15, 0.2) is 11.5 Å². The first-order chi connectivity index (χ1) is 10.9. The molecule has 4 rings (SSSR count). The fourth-order valence-corrected chi connectivity index (χ4v) is 3.84. The lowest BCUT2D eigenvalue weighted by atomic mass is 9.94. The molecule has 4 heterocycles. The summed E-state index contributed by atoms with van der Waals surface area (Å²) in [7, 11) is 0. The van der Waals surface area contributed by atoms with Crippen LogP contribution in [0.4, 0.5) is 0 Å². The van der Waals surface area contributed by atoms with E-state index in [4.69, 9.17) is 4.74 Å². The van der Waals surface area contributed by atoms with Crippen LogP contribution in [0.2, 0.25) is 0 Å². The Labute approximate surface area is 135 Å². The summed E-state index contributed by atoms with van der Waals surface area (Å²) >= 11 is 1.60. The number of rotatable bonds is 2. The largest absolute Gasteiger partial charge is 0.545 e. The van der Waals surface area contributed by atoms with Crippen molar-refractivity contribution < 1.29 is 14.6 Å². The molecule has 8 heteroatoms. The van der Waals surface area contributed by atoms with Gasteiger partial charge in [-0.1, -0.05) is 0 Å². The van der Waals surface area contributed by atoms with Crippen LogP contribution in [0.15, 0.2) is 12.4 Å². The van der Waals surface area contributed by atoms with Crippen LogP contribution in [0.1, 0.15) is 30.1 Å². The number of carboxylic acid groups (broad SMARTS) is 1. The normalized spacial score (nSPS) is 17.1. The van der Waals surface area contributed by atoms with E-state index in [2.05, 4.69) is 28.9 Å². The Morgan fingerprint density at radius 2 is 2.35 bits per heavy atom. The van der Waals surface area contributed by atoms with Crippen LogP contribution < -0.4 is 5.11 Å². The summed E-state index contributed by atoms with van der Waals surface area (Å²) in [4.78, 5) is 21.5. The van der Waals surface area contributed by atoms with Gasteiger partial charge in [-0.15, -0.1) is 16.4 Å². The van der Waals surface area contributed by atoms with Crippen molar-refractivity contribution in [1.29, 1.82) is 0 Å². The average Bonchev–Trinajstić information content (AvgIpc) is 3.03. The van der Waals surface area contributed by atoms with Gasteiger partial charge in [-0.05, 0) is 31.6 Å². The Morgan fingerprint density at radius 3 is 3.13 bits per heavy atom. The summed E-state index contributed by atoms with van der Waals surface area (Å²) in [5, 5.41) is 15.8. The number of carboxylic acids is 1. The molecule has 0 saturated heterocycles. The fourth-order valence-electron chi connectivity index (χ4n) is 2.77. The average molecular weight is 329 g/mol. The molecule has 0 N–H and O–H groups in total. The molecule has 0 spiro atoms. The summed E-state index contributed by atoms with van der Waals surface area (Å²) in [6.07, 6.45) is 4.61. The van der Waals surface area contributed by atoms with E-state index in [-0.39, 0.29) is 5.60 Å². The van der Waals surface area contributed by atoms with Crippen molar-refractivity contribution >= 4 is 39.2 Å². The Hall–Kier alpha value is -2.32. The molecular weight excluding hydrogens is 316 g/mol. The minimum atomic E-state index is -1.28. The van der Waals surface area contributed by atoms with Crippen molar-refractivity contribution in [3.8, 4) is 0 Å². The molecule has 0 atom stereocenters. The lowest BCUT2D eigenvalue weighted by Crippen LogP contribution is -2.31. The van der Waals surface area contributed by atoms with Gasteiger partial charge in [-0.3, -0.25) is 0 Å². The van der Waals surface area contributed by atoms with Crippen LogP contribution >= 0.6 is 11.3 Å². The lowest BCUT2D eigenvalue weighted by Gasteiger charge is -2.30. The van der Waals surface area contributed by atoms with Gasteiger partial charge in [0.05, 0.1) is 23.6 Å². The number of carbonyl (C=O) groups excluding carboxylic acids is 1. The summed E-state index contributed by atoms with van der Waals surface area (Å²) in [5.74, 6) is -0.964. The second-order valence-corrected chi connectivity index (χ2v) is 7.13. The van der Waals surface area contributed by atoms with Crippen molar-refractivity contribution in [2.45, 2.75) is 32.5 Å². The maximum absolute atomic E-state index is 10.5. The minimum absolute atomic E-state index is 0.231. The van der Waals surface area contributed by atoms with Crippen LogP contribution in [0.5, 0.6) is 0 Å². The van der Waals surface area contributed by atoms with E-state index in [1.165, 1.54) is 11.6 Å². The van der Waals surface area contributed by atoms with Crippen LogP contribution in [0, 0.1) is 0 Å². The third kappa shape index (κ3) is 2.40. The number of nitrogens with zero attached hydrogens (tertiary/aromatic N) is 4. The van der Waals surface area contributed by atoms with Crippen LogP contribution in [-0.2, 0) is 22.6 Å². The molecule has 0 amide bonds. The van der Waals surface area contributed by atoms with E-state index < -0.39 is 5.97 Å². The molecule has 1 aliphatic heterocycles. The van der Waals surface area contributed by atoms with E-state index in [0.717, 1.165) is 27.6 Å². The maximum Gasteiger partial charge on any atom is 0.175 e. The van der Waals surface area contributed by atoms with Gasteiger partial charge < -0.3 is 14.6 Å². The number of ether oxygens (including phenoxy) is 1. The number of carbonyl (C=O) groups is 1. The minimum Gasteiger partial charge on any atom is -0.545 e. The van der Waals surface area contributed by atoms with Crippen LogP contribution in [-0.4, -0.2) is 31.2 Å². The van der Waals surface area contributed by atoms with Gasteiger partial charge in [-0.25, -0.2) is 14.5 Å². The zero-order valence-electron chi connectivity index (χ0n) is 12.6. The van der Waals surface area contributed by atoms with E-state index in [0.29, 0.717) is 18.1 Å². The summed E-state index contributed by atoms with van der Waals surface area (Å²) < 4.78 is 7.44. The van der Waals surface area contributed by atoms with Crippen LogP contribution in [0.25, 0.3) is 21.9 Å². The molecule has 1 aliphatic rings. The summed E-state index contributed by atoms with van der Waals surface area (Å²) in [6, 6.07) is 0. The predicted octanol–water partition coefficient (Wildman–Crippen LogP) is 0.953. The highest BCUT2D eigenvalue weighted by atomic mass is 32.1. The van der Waals surface area contributed by atoms with E-state index in [1.807, 2.05) is 0 Å². The first-order valence-corrected chi connectivity index (χ1v) is 7.93. The topological polar surface area (TPSA) is 92.4 Å². The smallest absolute Gasteiger partial charge is 0.175 e. The maximum atomic E-state index is 10.5. The third-order valence-electron chi connectivity index (χ3n) is 3.79. The highest BCUT2D eigenvalue weighted by Crippen LogP contribution is 2.39. The van der Waals surface area contributed by atoms with E-state index in [9.17, 15) is 9.90 Å². The number of hydrogen-bond donors (Lipinski definition) is 0. The number of thiophene rings is 1. The Bertz CT molecular complexity index is 970. The molecule has 0 bridgehead atoms. The zero-order valence-corrected chi connectivity index (χ0v) is 13.4. The number of hydrogen-bond acceptors (Lipinski definition) is 7. The van der Waals surface area contributed by atoms with Crippen molar-refractivity contribution in [3.05, 3.63) is 28.7 Å². The van der Waals surface area contributed by atoms with Gasteiger partial charge >= 0.3 is 0 Å². The molecule has 0 saturated carbocycles. The number of fused-ring (bicyclic) bond motifs is 5. The molecule has 0 fully saturated rings. The summed E-state index contributed by atoms with van der Waals surface area (Å²) in [5.41, 5.74) is 1.65. The van der Waals surface area contributed by atoms with Gasteiger partial charge in [0.25, 0.3) is 0 Å². The van der Waals surface area contributed by atoms with Gasteiger partial charge in [0.1, 0.15) is 11.2 Å². The molecule has 23 heavy (non-hydrogen) atoms. The Kier molecular flexibility index (Phi) is 3.00.